The lowest BCUT2D eigenvalue weighted by atomic mass is 9.82. The number of nitrogens with one attached hydrogen (secondary N) is 1. The molecule has 0 aromatic carbocycles. The van der Waals surface area contributed by atoms with E-state index in [1.807, 2.05) is 50.2 Å². The average Bonchev–Trinajstić information content (AvgIpc) is 2.51. The summed E-state index contributed by atoms with van der Waals surface area (Å²) in [5.41, 5.74) is 3.26. The van der Waals surface area contributed by atoms with Crippen LogP contribution in [0, 0.1) is 11.8 Å². The van der Waals surface area contributed by atoms with Gasteiger partial charge in [0.2, 0.25) is 11.8 Å². The number of rotatable bonds is 6. The molecule has 0 bridgehead atoms. The Bertz CT molecular complexity index is 522. The molecule has 0 saturated carbocycles. The second-order valence-electron chi connectivity index (χ2n) is 5.85. The standard InChI is InChI=1S/C16H24N4O2/c1-4-20(10-9-19(2)3)15(21)11-14-12-7-5-6-8-13(12)16(22)18-17-14/h5-8,12-13H,4,9-11H2,1-3H3,(H,18,22). The quantitative estimate of drug-likeness (QED) is 0.783. The van der Waals surface area contributed by atoms with Crippen molar-refractivity contribution in [3.8, 4) is 0 Å². The van der Waals surface area contributed by atoms with Crippen LogP contribution in [0.3, 0.4) is 0 Å². The number of fused-ring (bicyclic) bond motifs is 1. The maximum atomic E-state index is 12.5. The maximum absolute atomic E-state index is 12.5. The molecular formula is C16H24N4O2. The van der Waals surface area contributed by atoms with Crippen molar-refractivity contribution < 1.29 is 9.59 Å². The summed E-state index contributed by atoms with van der Waals surface area (Å²) in [6.45, 7) is 4.18. The fraction of sp³-hybridized carbons (Fsp3) is 0.562. The number of amides is 2. The molecule has 0 aromatic heterocycles. The Labute approximate surface area is 131 Å². The van der Waals surface area contributed by atoms with Gasteiger partial charge in [0, 0.05) is 25.6 Å². The number of hydrogen-bond acceptors (Lipinski definition) is 4. The molecule has 0 saturated heterocycles. The lowest BCUT2D eigenvalue weighted by molar-refractivity contribution is -0.130. The highest BCUT2D eigenvalue weighted by molar-refractivity contribution is 6.07. The van der Waals surface area contributed by atoms with Crippen LogP contribution in [0.5, 0.6) is 0 Å². The number of hydrazone groups is 1. The number of likely N-dealkylation sites (N-methyl/N-ethyl adjacent to an activating group) is 2. The molecule has 1 heterocycles. The molecule has 2 aliphatic rings. The molecule has 2 atom stereocenters. The Kier molecular flexibility index (Phi) is 5.49. The summed E-state index contributed by atoms with van der Waals surface area (Å²) in [5, 5.41) is 4.12. The molecular weight excluding hydrogens is 280 g/mol. The summed E-state index contributed by atoms with van der Waals surface area (Å²) in [6, 6.07) is 0. The van der Waals surface area contributed by atoms with E-state index in [9.17, 15) is 9.59 Å². The molecule has 1 aliphatic heterocycles. The molecule has 0 fully saturated rings. The van der Waals surface area contributed by atoms with Crippen molar-refractivity contribution >= 4 is 17.5 Å². The molecule has 2 rings (SSSR count). The van der Waals surface area contributed by atoms with Crippen molar-refractivity contribution in [1.82, 2.24) is 15.2 Å². The summed E-state index contributed by atoms with van der Waals surface area (Å²) in [7, 11) is 3.98. The molecule has 1 aliphatic carbocycles. The van der Waals surface area contributed by atoms with Gasteiger partial charge >= 0.3 is 0 Å². The SMILES string of the molecule is CCN(CCN(C)C)C(=O)CC1=NNC(=O)C2C=CC=CC12. The van der Waals surface area contributed by atoms with Gasteiger partial charge in [0.25, 0.3) is 0 Å². The van der Waals surface area contributed by atoms with Crippen LogP contribution in [0.4, 0.5) is 0 Å². The average molecular weight is 304 g/mol. The summed E-state index contributed by atoms with van der Waals surface area (Å²) in [5.74, 6) is -0.403. The summed E-state index contributed by atoms with van der Waals surface area (Å²) in [4.78, 5) is 28.2. The Morgan fingerprint density at radius 2 is 1.91 bits per heavy atom. The smallest absolute Gasteiger partial charge is 0.247 e. The van der Waals surface area contributed by atoms with Gasteiger partial charge in [-0.1, -0.05) is 24.3 Å². The molecule has 6 nitrogen and oxygen atoms in total. The van der Waals surface area contributed by atoms with E-state index in [1.165, 1.54) is 0 Å². The third-order valence-corrected chi connectivity index (χ3v) is 4.02. The van der Waals surface area contributed by atoms with Crippen molar-refractivity contribution in [1.29, 1.82) is 0 Å². The van der Waals surface area contributed by atoms with E-state index in [0.29, 0.717) is 13.1 Å². The molecule has 22 heavy (non-hydrogen) atoms. The van der Waals surface area contributed by atoms with Crippen LogP contribution in [0.1, 0.15) is 13.3 Å². The van der Waals surface area contributed by atoms with Crippen molar-refractivity contribution in [2.75, 3.05) is 33.7 Å². The van der Waals surface area contributed by atoms with Gasteiger partial charge in [-0.2, -0.15) is 5.10 Å². The monoisotopic (exact) mass is 304 g/mol. The van der Waals surface area contributed by atoms with E-state index in [2.05, 4.69) is 15.4 Å². The minimum Gasteiger partial charge on any atom is -0.341 e. The second kappa shape index (κ2) is 7.35. The number of hydrogen-bond donors (Lipinski definition) is 1. The Balaban J connectivity index is 2.02. The zero-order valence-corrected chi connectivity index (χ0v) is 13.5. The van der Waals surface area contributed by atoms with E-state index in [4.69, 9.17) is 0 Å². The van der Waals surface area contributed by atoms with Gasteiger partial charge in [-0.15, -0.1) is 0 Å². The fourth-order valence-corrected chi connectivity index (χ4v) is 2.66. The summed E-state index contributed by atoms with van der Waals surface area (Å²) < 4.78 is 0. The summed E-state index contributed by atoms with van der Waals surface area (Å²) >= 11 is 0. The van der Waals surface area contributed by atoms with E-state index >= 15 is 0 Å². The lowest BCUT2D eigenvalue weighted by Crippen LogP contribution is -2.44. The minimum absolute atomic E-state index is 0.0564. The van der Waals surface area contributed by atoms with Gasteiger partial charge in [-0.05, 0) is 21.0 Å². The Hall–Kier alpha value is -1.95. The molecule has 120 valence electrons. The fourth-order valence-electron chi connectivity index (χ4n) is 2.66. The zero-order chi connectivity index (χ0) is 16.1. The van der Waals surface area contributed by atoms with Gasteiger partial charge in [-0.25, -0.2) is 5.43 Å². The molecule has 1 N–H and O–H groups in total. The van der Waals surface area contributed by atoms with E-state index in [-0.39, 0.29) is 30.1 Å². The predicted molar refractivity (Wildman–Crippen MR) is 86.3 cm³/mol. The van der Waals surface area contributed by atoms with Crippen LogP contribution in [0.25, 0.3) is 0 Å². The van der Waals surface area contributed by atoms with Crippen LogP contribution in [-0.2, 0) is 9.59 Å². The van der Waals surface area contributed by atoms with Gasteiger partial charge in [-0.3, -0.25) is 9.59 Å². The topological polar surface area (TPSA) is 65.0 Å². The second-order valence-corrected chi connectivity index (χ2v) is 5.85. The Morgan fingerprint density at radius 1 is 1.23 bits per heavy atom. The van der Waals surface area contributed by atoms with Crippen molar-refractivity contribution in [2.24, 2.45) is 16.9 Å². The van der Waals surface area contributed by atoms with Crippen LogP contribution < -0.4 is 5.43 Å². The highest BCUT2D eigenvalue weighted by Crippen LogP contribution is 2.25. The van der Waals surface area contributed by atoms with Gasteiger partial charge in [0.15, 0.2) is 0 Å². The van der Waals surface area contributed by atoms with E-state index in [1.54, 1.807) is 0 Å². The van der Waals surface area contributed by atoms with Crippen molar-refractivity contribution in [3.05, 3.63) is 24.3 Å². The molecule has 2 amide bonds. The lowest BCUT2D eigenvalue weighted by Gasteiger charge is -2.29. The first-order chi connectivity index (χ1) is 10.5. The van der Waals surface area contributed by atoms with Crippen molar-refractivity contribution in [3.63, 3.8) is 0 Å². The minimum atomic E-state index is -0.248. The third-order valence-electron chi connectivity index (χ3n) is 4.02. The maximum Gasteiger partial charge on any atom is 0.247 e. The molecule has 6 heteroatoms. The number of carbonyl (C=O) groups is 2. The van der Waals surface area contributed by atoms with E-state index < -0.39 is 0 Å². The van der Waals surface area contributed by atoms with Crippen LogP contribution in [0.15, 0.2) is 29.4 Å². The first kappa shape index (κ1) is 16.4. The predicted octanol–water partition coefficient (Wildman–Crippen LogP) is 0.631. The molecule has 2 unspecified atom stereocenters. The van der Waals surface area contributed by atoms with Gasteiger partial charge < -0.3 is 9.80 Å². The van der Waals surface area contributed by atoms with Crippen LogP contribution in [0.2, 0.25) is 0 Å². The number of allylic oxidation sites excluding steroid dienone is 3. The molecule has 0 aromatic rings. The Morgan fingerprint density at radius 3 is 2.55 bits per heavy atom. The molecule has 0 spiro atoms. The van der Waals surface area contributed by atoms with Crippen molar-refractivity contribution in [2.45, 2.75) is 13.3 Å². The highest BCUT2D eigenvalue weighted by atomic mass is 16.2. The third kappa shape index (κ3) is 3.82. The first-order valence-corrected chi connectivity index (χ1v) is 7.66. The largest absolute Gasteiger partial charge is 0.341 e. The normalized spacial score (nSPS) is 23.1. The van der Waals surface area contributed by atoms with Crippen LogP contribution in [-0.4, -0.2) is 61.1 Å². The highest BCUT2D eigenvalue weighted by Gasteiger charge is 2.34. The molecule has 0 radical (unpaired) electrons. The van der Waals surface area contributed by atoms with E-state index in [0.717, 1.165) is 12.3 Å². The number of carbonyl (C=O) groups excluding carboxylic acids is 2. The zero-order valence-electron chi connectivity index (χ0n) is 13.5. The van der Waals surface area contributed by atoms with Crippen LogP contribution >= 0.6 is 0 Å². The first-order valence-electron chi connectivity index (χ1n) is 7.66. The van der Waals surface area contributed by atoms with Gasteiger partial charge in [0.1, 0.15) is 0 Å². The summed E-state index contributed by atoms with van der Waals surface area (Å²) in [6.07, 6.45) is 7.83. The van der Waals surface area contributed by atoms with Gasteiger partial charge in [0.05, 0.1) is 18.1 Å². The number of nitrogens with zero attached hydrogens (tertiary/aromatic N) is 3.